The van der Waals surface area contributed by atoms with Crippen molar-refractivity contribution in [3.05, 3.63) is 0 Å². The molecule has 0 aromatic rings. The van der Waals surface area contributed by atoms with Crippen LogP contribution in [0.1, 0.15) is 6.92 Å². The summed E-state index contributed by atoms with van der Waals surface area (Å²) in [7, 11) is 0. The van der Waals surface area contributed by atoms with Gasteiger partial charge in [0.1, 0.15) is 0 Å². The van der Waals surface area contributed by atoms with Crippen LogP contribution in [-0.4, -0.2) is 24.9 Å². The van der Waals surface area contributed by atoms with Gasteiger partial charge < -0.3 is 0 Å². The third-order valence-corrected chi connectivity index (χ3v) is 1.11. The quantitative estimate of drug-likeness (QED) is 0.459. The van der Waals surface area contributed by atoms with Gasteiger partial charge in [-0.15, -0.1) is 0 Å². The van der Waals surface area contributed by atoms with Gasteiger partial charge in [0.25, 0.3) is 0 Å². The van der Waals surface area contributed by atoms with Gasteiger partial charge >= 0.3 is 0 Å². The number of hydrogen-bond acceptors (Lipinski definition) is 3. The van der Waals surface area contributed by atoms with Crippen molar-refractivity contribution < 1.29 is 0 Å². The van der Waals surface area contributed by atoms with E-state index in [1.54, 1.807) is 0 Å². The summed E-state index contributed by atoms with van der Waals surface area (Å²) >= 11 is 0. The molecule has 3 nitrogen and oxygen atoms in total. The lowest BCUT2D eigenvalue weighted by Gasteiger charge is -2.08. The molecule has 1 aliphatic rings. The minimum Gasteiger partial charge on any atom is -0.290 e. The van der Waals surface area contributed by atoms with Crippen molar-refractivity contribution >= 4 is 0 Å². The summed E-state index contributed by atoms with van der Waals surface area (Å²) < 4.78 is 0. The molecule has 0 spiro atoms. The minimum atomic E-state index is 0.924. The van der Waals surface area contributed by atoms with Crippen LogP contribution >= 0.6 is 0 Å². The summed E-state index contributed by atoms with van der Waals surface area (Å²) in [6.07, 6.45) is 0. The minimum absolute atomic E-state index is 0.924. The highest BCUT2D eigenvalue weighted by atomic mass is 15.6. The van der Waals surface area contributed by atoms with Gasteiger partial charge in [-0.1, -0.05) is 6.92 Å². The van der Waals surface area contributed by atoms with Crippen LogP contribution < -0.4 is 10.7 Å². The van der Waals surface area contributed by atoms with Crippen LogP contribution in [0.2, 0.25) is 0 Å². The lowest BCUT2D eigenvalue weighted by Crippen LogP contribution is -2.30. The molecule has 0 saturated carbocycles. The molecular formula is C4H11N3. The average Bonchev–Trinajstić information content (AvgIpc) is 2.14. The fourth-order valence-electron chi connectivity index (χ4n) is 0.638. The van der Waals surface area contributed by atoms with E-state index in [0.29, 0.717) is 0 Å². The lowest BCUT2D eigenvalue weighted by molar-refractivity contribution is 0.266. The fraction of sp³-hybridized carbons (Fsp3) is 1.00. The molecule has 1 aliphatic heterocycles. The first-order valence-electron chi connectivity index (χ1n) is 2.62. The zero-order valence-corrected chi connectivity index (χ0v) is 4.57. The Hall–Kier alpha value is -0.120. The van der Waals surface area contributed by atoms with Crippen molar-refractivity contribution in [2.45, 2.75) is 6.92 Å². The van der Waals surface area contributed by atoms with Crippen molar-refractivity contribution in [1.29, 1.82) is 0 Å². The Morgan fingerprint density at radius 2 is 2.57 bits per heavy atom. The van der Waals surface area contributed by atoms with Crippen molar-refractivity contribution in [2.75, 3.05) is 19.9 Å². The molecule has 1 rings (SSSR count). The van der Waals surface area contributed by atoms with Gasteiger partial charge in [0.15, 0.2) is 0 Å². The number of nitrogens with one attached hydrogen (secondary N) is 2. The highest BCUT2D eigenvalue weighted by molar-refractivity contribution is 4.52. The van der Waals surface area contributed by atoms with Gasteiger partial charge in [-0.05, 0) is 0 Å². The van der Waals surface area contributed by atoms with Gasteiger partial charge in [-0.2, -0.15) is 0 Å². The van der Waals surface area contributed by atoms with E-state index in [1.165, 1.54) is 0 Å². The van der Waals surface area contributed by atoms with Crippen LogP contribution in [0.5, 0.6) is 0 Å². The average molecular weight is 101 g/mol. The van der Waals surface area contributed by atoms with Gasteiger partial charge in [0, 0.05) is 6.54 Å². The molecule has 3 heteroatoms. The molecule has 0 radical (unpaired) electrons. The van der Waals surface area contributed by atoms with E-state index < -0.39 is 0 Å². The molecule has 0 amide bonds. The second kappa shape index (κ2) is 2.26. The largest absolute Gasteiger partial charge is 0.290 e. The smallest absolute Gasteiger partial charge is 0.0631 e. The molecule has 0 atom stereocenters. The van der Waals surface area contributed by atoms with Crippen LogP contribution in [-0.2, 0) is 0 Å². The molecule has 0 aliphatic carbocycles. The summed E-state index contributed by atoms with van der Waals surface area (Å²) in [6, 6.07) is 0. The van der Waals surface area contributed by atoms with E-state index in [-0.39, 0.29) is 0 Å². The number of hydrazine groups is 1. The van der Waals surface area contributed by atoms with Gasteiger partial charge in [0.05, 0.1) is 13.3 Å². The maximum Gasteiger partial charge on any atom is 0.0631 e. The zero-order valence-electron chi connectivity index (χ0n) is 4.57. The predicted molar refractivity (Wildman–Crippen MR) is 28.4 cm³/mol. The highest BCUT2D eigenvalue weighted by Crippen LogP contribution is 1.80. The van der Waals surface area contributed by atoms with E-state index in [4.69, 9.17) is 0 Å². The van der Waals surface area contributed by atoms with Crippen LogP contribution in [0.25, 0.3) is 0 Å². The fourth-order valence-corrected chi connectivity index (χ4v) is 0.638. The Morgan fingerprint density at radius 1 is 1.71 bits per heavy atom. The van der Waals surface area contributed by atoms with E-state index in [9.17, 15) is 0 Å². The molecule has 0 unspecified atom stereocenters. The predicted octanol–water partition coefficient (Wildman–Crippen LogP) is -0.669. The Labute approximate surface area is 43.7 Å². The molecule has 0 bridgehead atoms. The van der Waals surface area contributed by atoms with E-state index in [2.05, 4.69) is 22.7 Å². The molecule has 0 aromatic carbocycles. The summed E-state index contributed by atoms with van der Waals surface area (Å²) in [5.41, 5.74) is 3.13. The van der Waals surface area contributed by atoms with Crippen molar-refractivity contribution in [2.24, 2.45) is 0 Å². The molecular weight excluding hydrogens is 90.1 g/mol. The molecule has 2 N–H and O–H groups in total. The van der Waals surface area contributed by atoms with E-state index in [0.717, 1.165) is 19.9 Å². The monoisotopic (exact) mass is 101 g/mol. The lowest BCUT2D eigenvalue weighted by atomic mass is 10.7. The Kier molecular flexibility index (Phi) is 1.62. The number of rotatable bonds is 1. The Bertz CT molecular complexity index is 48.9. The molecule has 1 fully saturated rings. The molecule has 0 aromatic heterocycles. The Balaban J connectivity index is 2.14. The highest BCUT2D eigenvalue weighted by Gasteiger charge is 2.04. The number of nitrogens with zero attached hydrogens (tertiary/aromatic N) is 1. The second-order valence-corrected chi connectivity index (χ2v) is 1.60. The summed E-state index contributed by atoms with van der Waals surface area (Å²) in [5, 5.41) is 5.26. The van der Waals surface area contributed by atoms with Gasteiger partial charge in [-0.25, -0.2) is 10.4 Å². The first-order chi connectivity index (χ1) is 3.43. The topological polar surface area (TPSA) is 27.3 Å². The zero-order chi connectivity index (χ0) is 5.11. The first-order valence-corrected chi connectivity index (χ1v) is 2.62. The standard InChI is InChI=1S/C4H11N3/c1-2-7-4-5-3-6-7/h5-6H,2-4H2,1H3. The maximum absolute atomic E-state index is 3.14. The Morgan fingerprint density at radius 3 is 2.86 bits per heavy atom. The summed E-state index contributed by atoms with van der Waals surface area (Å²) in [5.74, 6) is 0. The summed E-state index contributed by atoms with van der Waals surface area (Å²) in [4.78, 5) is 0. The summed E-state index contributed by atoms with van der Waals surface area (Å²) in [6.45, 7) is 5.11. The normalized spacial score (nSPS) is 23.6. The van der Waals surface area contributed by atoms with Gasteiger partial charge in [-0.3, -0.25) is 5.32 Å². The van der Waals surface area contributed by atoms with Crippen LogP contribution in [0.4, 0.5) is 0 Å². The number of hydrogen-bond donors (Lipinski definition) is 2. The van der Waals surface area contributed by atoms with Crippen molar-refractivity contribution in [3.8, 4) is 0 Å². The second-order valence-electron chi connectivity index (χ2n) is 1.60. The molecule has 7 heavy (non-hydrogen) atoms. The maximum atomic E-state index is 3.14. The van der Waals surface area contributed by atoms with Crippen LogP contribution in [0.3, 0.4) is 0 Å². The van der Waals surface area contributed by atoms with Crippen molar-refractivity contribution in [1.82, 2.24) is 15.8 Å². The van der Waals surface area contributed by atoms with Crippen LogP contribution in [0.15, 0.2) is 0 Å². The van der Waals surface area contributed by atoms with Gasteiger partial charge in [0.2, 0.25) is 0 Å². The molecule has 1 saturated heterocycles. The van der Waals surface area contributed by atoms with Crippen LogP contribution in [0, 0.1) is 0 Å². The van der Waals surface area contributed by atoms with Crippen molar-refractivity contribution in [3.63, 3.8) is 0 Å². The SMILES string of the molecule is CCN1CNCN1. The van der Waals surface area contributed by atoms with E-state index >= 15 is 0 Å². The first kappa shape index (κ1) is 5.03. The molecule has 1 heterocycles. The third kappa shape index (κ3) is 1.12. The third-order valence-electron chi connectivity index (χ3n) is 1.11. The molecule has 42 valence electrons. The van der Waals surface area contributed by atoms with E-state index in [1.807, 2.05) is 0 Å².